The van der Waals surface area contributed by atoms with Crippen LogP contribution in [0.2, 0.25) is 0 Å². The van der Waals surface area contributed by atoms with Gasteiger partial charge in [-0.3, -0.25) is 14.3 Å². The van der Waals surface area contributed by atoms with Crippen molar-refractivity contribution in [2.75, 3.05) is 19.6 Å². The number of alkyl halides is 3. The van der Waals surface area contributed by atoms with Crippen LogP contribution < -0.4 is 11.2 Å². The number of nitrogens with zero attached hydrogens (tertiary/aromatic N) is 2. The van der Waals surface area contributed by atoms with Gasteiger partial charge in [0, 0.05) is 36.1 Å². The van der Waals surface area contributed by atoms with Gasteiger partial charge in [0.05, 0.1) is 11.1 Å². The van der Waals surface area contributed by atoms with E-state index in [4.69, 9.17) is 0 Å². The second kappa shape index (κ2) is 7.95. The topological polar surface area (TPSA) is 58.1 Å². The van der Waals surface area contributed by atoms with Crippen molar-refractivity contribution < 1.29 is 17.6 Å². The van der Waals surface area contributed by atoms with E-state index >= 15 is 0 Å². The molecule has 1 aliphatic heterocycles. The molecular weight excluding hydrogens is 458 g/mol. The van der Waals surface area contributed by atoms with Gasteiger partial charge >= 0.3 is 11.9 Å². The number of aryl methyl sites for hydroxylation is 1. The van der Waals surface area contributed by atoms with E-state index in [2.05, 4.69) is 9.88 Å². The van der Waals surface area contributed by atoms with Crippen molar-refractivity contribution in [1.82, 2.24) is 14.5 Å². The van der Waals surface area contributed by atoms with E-state index in [1.54, 1.807) is 6.20 Å². The Balaban J connectivity index is 1.24. The smallest absolute Gasteiger partial charge is 0.302 e. The molecule has 1 aliphatic carbocycles. The molecule has 0 spiro atoms. The summed E-state index contributed by atoms with van der Waals surface area (Å²) >= 11 is 1.42. The first kappa shape index (κ1) is 22.1. The third kappa shape index (κ3) is 4.06. The van der Waals surface area contributed by atoms with Crippen LogP contribution in [0, 0.1) is 11.7 Å². The lowest BCUT2D eigenvalue weighted by Crippen LogP contribution is -2.32. The molecule has 10 heteroatoms. The summed E-state index contributed by atoms with van der Waals surface area (Å²) in [6, 6.07) is 6.49. The molecule has 33 heavy (non-hydrogen) atoms. The van der Waals surface area contributed by atoms with E-state index in [1.165, 1.54) is 22.0 Å². The van der Waals surface area contributed by atoms with Crippen LogP contribution in [-0.2, 0) is 18.1 Å². The molecule has 2 fully saturated rings. The Morgan fingerprint density at radius 3 is 2.70 bits per heavy atom. The molecule has 0 radical (unpaired) electrons. The Hall–Kier alpha value is -2.72. The van der Waals surface area contributed by atoms with E-state index in [9.17, 15) is 27.2 Å². The SMILES string of the molecule is O=c1[nH]c(=O)n(CCCN2C[C@@H]3C[C@]3(c3ccc(C(F)(F)F)cc3F)C2)cc1-c1cccs1. The molecule has 0 bridgehead atoms. The molecule has 1 N–H and O–H groups in total. The normalized spacial score (nSPS) is 22.5. The van der Waals surface area contributed by atoms with Gasteiger partial charge in [-0.25, -0.2) is 9.18 Å². The summed E-state index contributed by atoms with van der Waals surface area (Å²) in [5.74, 6) is -0.569. The van der Waals surface area contributed by atoms with Gasteiger partial charge < -0.3 is 4.90 Å². The number of nitrogens with one attached hydrogen (secondary N) is 1. The fraction of sp³-hybridized carbons (Fsp3) is 0.391. The zero-order valence-corrected chi connectivity index (χ0v) is 18.3. The molecule has 2 aromatic heterocycles. The fourth-order valence-corrected chi connectivity index (χ4v) is 5.75. The number of halogens is 4. The minimum Gasteiger partial charge on any atom is -0.302 e. The van der Waals surface area contributed by atoms with E-state index in [0.717, 1.165) is 23.9 Å². The monoisotopic (exact) mass is 479 g/mol. The van der Waals surface area contributed by atoms with Crippen molar-refractivity contribution in [2.24, 2.45) is 5.92 Å². The predicted octanol–water partition coefficient (Wildman–Crippen LogP) is 4.09. The van der Waals surface area contributed by atoms with Crippen LogP contribution in [0.25, 0.3) is 10.4 Å². The molecule has 1 saturated carbocycles. The second-order valence-electron chi connectivity index (χ2n) is 8.81. The van der Waals surface area contributed by atoms with E-state index in [1.807, 2.05) is 17.5 Å². The van der Waals surface area contributed by atoms with Crippen LogP contribution in [0.5, 0.6) is 0 Å². The highest BCUT2D eigenvalue weighted by Crippen LogP contribution is 2.59. The molecule has 2 atom stereocenters. The first-order valence-corrected chi connectivity index (χ1v) is 11.5. The lowest BCUT2D eigenvalue weighted by atomic mass is 9.93. The molecule has 174 valence electrons. The Bertz CT molecular complexity index is 1300. The van der Waals surface area contributed by atoms with Gasteiger partial charge in [-0.2, -0.15) is 13.2 Å². The third-order valence-corrected chi connectivity index (χ3v) is 7.62. The number of hydrogen-bond donors (Lipinski definition) is 1. The van der Waals surface area contributed by atoms with Crippen LogP contribution in [-0.4, -0.2) is 34.1 Å². The highest BCUT2D eigenvalue weighted by atomic mass is 32.1. The minimum absolute atomic E-state index is 0.227. The van der Waals surface area contributed by atoms with E-state index in [-0.39, 0.29) is 5.92 Å². The molecule has 2 aliphatic rings. The second-order valence-corrected chi connectivity index (χ2v) is 9.76. The maximum Gasteiger partial charge on any atom is 0.416 e. The van der Waals surface area contributed by atoms with Crippen LogP contribution in [0.3, 0.4) is 0 Å². The molecule has 1 saturated heterocycles. The first-order valence-electron chi connectivity index (χ1n) is 10.6. The number of thiophene rings is 1. The molecule has 1 aromatic carbocycles. The van der Waals surface area contributed by atoms with Crippen molar-refractivity contribution in [1.29, 1.82) is 0 Å². The molecule has 5 rings (SSSR count). The van der Waals surface area contributed by atoms with E-state index in [0.29, 0.717) is 43.2 Å². The van der Waals surface area contributed by atoms with Gasteiger partial charge in [-0.05, 0) is 54.4 Å². The number of piperidine rings is 1. The van der Waals surface area contributed by atoms with Gasteiger partial charge in [0.1, 0.15) is 5.82 Å². The molecule has 3 heterocycles. The molecule has 0 amide bonds. The quantitative estimate of drug-likeness (QED) is 0.542. The summed E-state index contributed by atoms with van der Waals surface area (Å²) < 4.78 is 54.6. The predicted molar refractivity (Wildman–Crippen MR) is 117 cm³/mol. The maximum atomic E-state index is 14.6. The number of fused-ring (bicyclic) bond motifs is 1. The van der Waals surface area contributed by atoms with Crippen molar-refractivity contribution in [3.05, 3.63) is 79.7 Å². The van der Waals surface area contributed by atoms with Crippen molar-refractivity contribution in [3.63, 3.8) is 0 Å². The molecule has 3 aromatic rings. The lowest BCUT2D eigenvalue weighted by Gasteiger charge is -2.22. The number of aromatic nitrogens is 2. The van der Waals surface area contributed by atoms with Crippen molar-refractivity contribution in [3.8, 4) is 10.4 Å². The Labute approximate surface area is 190 Å². The van der Waals surface area contributed by atoms with Gasteiger partial charge in [-0.15, -0.1) is 11.3 Å². The number of H-pyrrole nitrogens is 1. The number of aromatic amines is 1. The van der Waals surface area contributed by atoms with Crippen molar-refractivity contribution >= 4 is 11.3 Å². The highest BCUT2D eigenvalue weighted by Gasteiger charge is 2.61. The van der Waals surface area contributed by atoms with Crippen LogP contribution in [0.1, 0.15) is 24.0 Å². The summed E-state index contributed by atoms with van der Waals surface area (Å²) in [5.41, 5.74) is -1.47. The Morgan fingerprint density at radius 2 is 2.00 bits per heavy atom. The molecule has 0 unspecified atom stereocenters. The zero-order valence-electron chi connectivity index (χ0n) is 17.5. The lowest BCUT2D eigenvalue weighted by molar-refractivity contribution is -0.137. The Kier molecular flexibility index (Phi) is 5.32. The number of benzene rings is 1. The standard InChI is InChI=1S/C23H21F4N3O2S/c24-18-9-14(23(25,26)27)4-5-17(18)22-10-15(22)11-29(13-22)6-2-7-30-12-16(19-3-1-8-33-19)20(31)28-21(30)32/h1,3-5,8-9,12,15H,2,6-7,10-11,13H2,(H,28,31,32)/t15-,22-/m0/s1. The number of likely N-dealkylation sites (tertiary alicyclic amines) is 1. The van der Waals surface area contributed by atoms with Crippen LogP contribution >= 0.6 is 11.3 Å². The first-order chi connectivity index (χ1) is 15.7. The van der Waals surface area contributed by atoms with Gasteiger partial charge in [0.25, 0.3) is 5.56 Å². The van der Waals surface area contributed by atoms with Crippen molar-refractivity contribution in [2.45, 2.75) is 31.0 Å². The van der Waals surface area contributed by atoms with Crippen LogP contribution in [0.15, 0.2) is 51.5 Å². The average molecular weight is 479 g/mol. The average Bonchev–Trinajstić information content (AvgIpc) is 3.09. The molecular formula is C23H21F4N3O2S. The number of rotatable bonds is 6. The fourth-order valence-electron chi connectivity index (χ4n) is 5.02. The largest absolute Gasteiger partial charge is 0.416 e. The summed E-state index contributed by atoms with van der Waals surface area (Å²) in [6.07, 6.45) is -1.57. The Morgan fingerprint density at radius 1 is 1.18 bits per heavy atom. The summed E-state index contributed by atoms with van der Waals surface area (Å²) in [6.45, 7) is 2.42. The van der Waals surface area contributed by atoms with Crippen LogP contribution in [0.4, 0.5) is 17.6 Å². The summed E-state index contributed by atoms with van der Waals surface area (Å²) in [5, 5.41) is 1.86. The zero-order chi connectivity index (χ0) is 23.4. The van der Waals surface area contributed by atoms with Gasteiger partial charge in [0.2, 0.25) is 0 Å². The molecule has 5 nitrogen and oxygen atoms in total. The van der Waals surface area contributed by atoms with E-state index < -0.39 is 34.2 Å². The highest BCUT2D eigenvalue weighted by molar-refractivity contribution is 7.13. The van der Waals surface area contributed by atoms with Gasteiger partial charge in [-0.1, -0.05) is 12.1 Å². The third-order valence-electron chi connectivity index (χ3n) is 6.72. The number of hydrogen-bond acceptors (Lipinski definition) is 4. The minimum atomic E-state index is -4.56. The summed E-state index contributed by atoms with van der Waals surface area (Å²) in [7, 11) is 0. The maximum absolute atomic E-state index is 14.6. The van der Waals surface area contributed by atoms with Gasteiger partial charge in [0.15, 0.2) is 0 Å². The summed E-state index contributed by atoms with van der Waals surface area (Å²) in [4.78, 5) is 29.6.